The van der Waals surface area contributed by atoms with E-state index >= 15 is 0 Å². The average molecular weight is 792 g/mol. The highest BCUT2D eigenvalue weighted by molar-refractivity contribution is 6.10. The van der Waals surface area contributed by atoms with Gasteiger partial charge in [-0.05, 0) is 92.0 Å². The molecule has 62 heavy (non-hydrogen) atoms. The summed E-state index contributed by atoms with van der Waals surface area (Å²) in [6, 6.07) is 89.0. The second kappa shape index (κ2) is 16.1. The molecule has 2 heteroatoms. The van der Waals surface area contributed by atoms with Crippen LogP contribution in [0.1, 0.15) is 0 Å². The number of furan rings is 1. The summed E-state index contributed by atoms with van der Waals surface area (Å²) in [4.78, 5) is 2.41. The first kappa shape index (κ1) is 36.8. The molecule has 11 rings (SSSR count). The largest absolute Gasteiger partial charge is 0.455 e. The van der Waals surface area contributed by atoms with Gasteiger partial charge in [-0.15, -0.1) is 0 Å². The molecule has 0 saturated carbocycles. The lowest BCUT2D eigenvalue weighted by Crippen LogP contribution is -2.11. The molecule has 0 bridgehead atoms. The van der Waals surface area contributed by atoms with E-state index in [9.17, 15) is 0 Å². The van der Waals surface area contributed by atoms with Gasteiger partial charge in [-0.25, -0.2) is 0 Å². The topological polar surface area (TPSA) is 16.4 Å². The molecule has 0 aliphatic rings. The highest BCUT2D eigenvalue weighted by atomic mass is 16.3. The predicted molar refractivity (Wildman–Crippen MR) is 261 cm³/mol. The molecule has 0 spiro atoms. The quantitative estimate of drug-likeness (QED) is 0.145. The molecule has 10 aromatic carbocycles. The summed E-state index contributed by atoms with van der Waals surface area (Å²) in [5.74, 6) is 0. The lowest BCUT2D eigenvalue weighted by atomic mass is 9.88. The number of para-hydroxylation sites is 3. The molecule has 0 aliphatic heterocycles. The predicted octanol–water partition coefficient (Wildman–Crippen LogP) is 17.1. The summed E-state index contributed by atoms with van der Waals surface area (Å²) in [5.41, 5.74) is 18.9. The second-order valence-corrected chi connectivity index (χ2v) is 15.6. The fraction of sp³-hybridized carbons (Fsp3) is 0. The number of hydrogen-bond donors (Lipinski definition) is 0. The van der Waals surface area contributed by atoms with Gasteiger partial charge in [0, 0.05) is 33.3 Å². The van der Waals surface area contributed by atoms with Crippen LogP contribution in [0.5, 0.6) is 0 Å². The minimum Gasteiger partial charge on any atom is -0.455 e. The summed E-state index contributed by atoms with van der Waals surface area (Å²) >= 11 is 0. The first-order valence-corrected chi connectivity index (χ1v) is 21.2. The standard InChI is InChI=1S/C60H41NO/c1-3-19-42(20-4-1)48-25-7-8-26-49(48)44-37-39-46(40-38-44)61(47-24-17-23-45(41-47)51-33-18-34-57-56-32-14-16-36-59(56)62-60(51)57)58-35-15-13-31-55(58)54-30-12-11-29-53(54)52-28-10-9-27-50(52)43-21-5-2-6-22-43/h1-41H. The second-order valence-electron chi connectivity index (χ2n) is 15.6. The van der Waals surface area contributed by atoms with Crippen molar-refractivity contribution in [3.8, 4) is 66.8 Å². The van der Waals surface area contributed by atoms with Crippen LogP contribution in [0.2, 0.25) is 0 Å². The summed E-state index contributed by atoms with van der Waals surface area (Å²) in [7, 11) is 0. The summed E-state index contributed by atoms with van der Waals surface area (Å²) in [6.07, 6.45) is 0. The fourth-order valence-corrected chi connectivity index (χ4v) is 9.05. The van der Waals surface area contributed by atoms with Crippen molar-refractivity contribution in [3.05, 3.63) is 249 Å². The number of nitrogens with zero attached hydrogens (tertiary/aromatic N) is 1. The molecule has 0 unspecified atom stereocenters. The van der Waals surface area contributed by atoms with Crippen LogP contribution in [0.25, 0.3) is 88.7 Å². The zero-order valence-corrected chi connectivity index (χ0v) is 34.0. The van der Waals surface area contributed by atoms with Gasteiger partial charge in [0.25, 0.3) is 0 Å². The first-order valence-electron chi connectivity index (χ1n) is 21.2. The van der Waals surface area contributed by atoms with Gasteiger partial charge in [-0.1, -0.05) is 212 Å². The first-order chi connectivity index (χ1) is 30.8. The Morgan fingerprint density at radius 2 is 0.694 bits per heavy atom. The summed E-state index contributed by atoms with van der Waals surface area (Å²) in [5, 5.41) is 2.24. The number of rotatable bonds is 9. The lowest BCUT2D eigenvalue weighted by molar-refractivity contribution is 0.670. The van der Waals surface area contributed by atoms with E-state index in [2.05, 4.69) is 241 Å². The van der Waals surface area contributed by atoms with Crippen molar-refractivity contribution < 1.29 is 4.42 Å². The van der Waals surface area contributed by atoms with Crippen molar-refractivity contribution in [1.29, 1.82) is 0 Å². The normalized spacial score (nSPS) is 11.2. The van der Waals surface area contributed by atoms with E-state index in [-0.39, 0.29) is 0 Å². The molecule has 0 aliphatic carbocycles. The molecule has 11 aromatic rings. The summed E-state index contributed by atoms with van der Waals surface area (Å²) in [6.45, 7) is 0. The minimum atomic E-state index is 0.892. The Morgan fingerprint density at radius 3 is 1.35 bits per heavy atom. The molecule has 0 saturated heterocycles. The van der Waals surface area contributed by atoms with Crippen LogP contribution < -0.4 is 4.90 Å². The number of fused-ring (bicyclic) bond motifs is 3. The lowest BCUT2D eigenvalue weighted by Gasteiger charge is -2.29. The number of anilines is 3. The van der Waals surface area contributed by atoms with Crippen molar-refractivity contribution in [2.75, 3.05) is 4.90 Å². The number of hydrogen-bond acceptors (Lipinski definition) is 2. The molecule has 0 amide bonds. The maximum absolute atomic E-state index is 6.56. The van der Waals surface area contributed by atoms with Gasteiger partial charge >= 0.3 is 0 Å². The summed E-state index contributed by atoms with van der Waals surface area (Å²) < 4.78 is 6.56. The van der Waals surface area contributed by atoms with Gasteiger partial charge in [0.1, 0.15) is 11.2 Å². The van der Waals surface area contributed by atoms with Crippen LogP contribution in [-0.2, 0) is 0 Å². The average Bonchev–Trinajstić information content (AvgIpc) is 3.74. The fourth-order valence-electron chi connectivity index (χ4n) is 9.05. The van der Waals surface area contributed by atoms with E-state index in [0.717, 1.165) is 66.8 Å². The Balaban J connectivity index is 1.09. The van der Waals surface area contributed by atoms with E-state index in [1.807, 2.05) is 12.1 Å². The Hall–Kier alpha value is -8.20. The Labute approximate surface area is 362 Å². The van der Waals surface area contributed by atoms with Gasteiger partial charge in [0.05, 0.1) is 5.69 Å². The zero-order chi connectivity index (χ0) is 41.2. The van der Waals surface area contributed by atoms with Crippen molar-refractivity contribution in [3.63, 3.8) is 0 Å². The Bertz CT molecular complexity index is 3350. The maximum Gasteiger partial charge on any atom is 0.143 e. The van der Waals surface area contributed by atoms with Crippen LogP contribution in [0, 0.1) is 0 Å². The van der Waals surface area contributed by atoms with Gasteiger partial charge in [0.2, 0.25) is 0 Å². The molecule has 1 aromatic heterocycles. The maximum atomic E-state index is 6.56. The molecule has 2 nitrogen and oxygen atoms in total. The smallest absolute Gasteiger partial charge is 0.143 e. The highest BCUT2D eigenvalue weighted by Crippen LogP contribution is 2.47. The third-order valence-corrected chi connectivity index (χ3v) is 11.9. The highest BCUT2D eigenvalue weighted by Gasteiger charge is 2.22. The van der Waals surface area contributed by atoms with E-state index < -0.39 is 0 Å². The van der Waals surface area contributed by atoms with Crippen LogP contribution >= 0.6 is 0 Å². The Morgan fingerprint density at radius 1 is 0.258 bits per heavy atom. The molecule has 0 fully saturated rings. The van der Waals surface area contributed by atoms with Crippen LogP contribution in [0.3, 0.4) is 0 Å². The third kappa shape index (κ3) is 6.74. The SMILES string of the molecule is c1ccc(-c2ccccc2-c2ccc(N(c3cccc(-c4cccc5c4oc4ccccc45)c3)c3ccccc3-c3ccccc3-c3ccccc3-c3ccccc3)cc2)cc1. The molecule has 1 heterocycles. The van der Waals surface area contributed by atoms with E-state index in [4.69, 9.17) is 4.42 Å². The van der Waals surface area contributed by atoms with Gasteiger partial charge in [-0.3, -0.25) is 0 Å². The van der Waals surface area contributed by atoms with Crippen molar-refractivity contribution >= 4 is 39.0 Å². The van der Waals surface area contributed by atoms with Crippen LogP contribution in [0.15, 0.2) is 253 Å². The van der Waals surface area contributed by atoms with Gasteiger partial charge in [-0.2, -0.15) is 0 Å². The Kier molecular flexibility index (Phi) is 9.57. The van der Waals surface area contributed by atoms with Gasteiger partial charge in [0.15, 0.2) is 0 Å². The van der Waals surface area contributed by atoms with Crippen molar-refractivity contribution in [2.24, 2.45) is 0 Å². The van der Waals surface area contributed by atoms with Crippen LogP contribution in [0.4, 0.5) is 17.1 Å². The minimum absolute atomic E-state index is 0.892. The molecule has 0 atom stereocenters. The van der Waals surface area contributed by atoms with Crippen molar-refractivity contribution in [2.45, 2.75) is 0 Å². The van der Waals surface area contributed by atoms with E-state index in [0.29, 0.717) is 0 Å². The van der Waals surface area contributed by atoms with E-state index in [1.165, 1.54) is 38.9 Å². The van der Waals surface area contributed by atoms with Crippen molar-refractivity contribution in [1.82, 2.24) is 0 Å². The molecule has 292 valence electrons. The van der Waals surface area contributed by atoms with Gasteiger partial charge < -0.3 is 9.32 Å². The number of benzene rings is 10. The third-order valence-electron chi connectivity index (χ3n) is 11.9. The molecular weight excluding hydrogens is 751 g/mol. The zero-order valence-electron chi connectivity index (χ0n) is 34.0. The van der Waals surface area contributed by atoms with E-state index in [1.54, 1.807) is 0 Å². The molecule has 0 N–H and O–H groups in total. The molecule has 0 radical (unpaired) electrons. The van der Waals surface area contributed by atoms with Crippen LogP contribution in [-0.4, -0.2) is 0 Å². The molecular formula is C60H41NO. The monoisotopic (exact) mass is 791 g/mol.